The Hall–Kier alpha value is -5.62. The van der Waals surface area contributed by atoms with Gasteiger partial charge in [-0.1, -0.05) is 84.6 Å². The molecule has 6 rings (SSSR count). The number of hydrazone groups is 1. The molecular formula is C38H38N6O5S. The van der Waals surface area contributed by atoms with Crippen LogP contribution in [0.5, 0.6) is 17.2 Å². The van der Waals surface area contributed by atoms with Gasteiger partial charge >= 0.3 is 0 Å². The van der Waals surface area contributed by atoms with Gasteiger partial charge in [-0.15, -0.1) is 10.2 Å². The van der Waals surface area contributed by atoms with Crippen LogP contribution >= 0.6 is 11.8 Å². The van der Waals surface area contributed by atoms with Gasteiger partial charge in [0.15, 0.2) is 22.5 Å². The molecule has 5 aromatic rings. The van der Waals surface area contributed by atoms with Crippen LogP contribution in [-0.4, -0.2) is 64.4 Å². The Bertz CT molecular complexity index is 1950. The van der Waals surface area contributed by atoms with Gasteiger partial charge in [0.25, 0.3) is 5.91 Å². The third-order valence-corrected chi connectivity index (χ3v) is 9.29. The first kappa shape index (κ1) is 34.3. The highest BCUT2D eigenvalue weighted by Gasteiger charge is 2.36. The topological polar surface area (TPSA) is 120 Å². The predicted octanol–water partition coefficient (Wildman–Crippen LogP) is 5.68. The molecule has 0 saturated carbocycles. The molecule has 1 atom stereocenters. The third-order valence-electron chi connectivity index (χ3n) is 8.33. The van der Waals surface area contributed by atoms with Crippen LogP contribution < -0.4 is 19.5 Å². The number of rotatable bonds is 14. The van der Waals surface area contributed by atoms with Gasteiger partial charge < -0.3 is 24.1 Å². The van der Waals surface area contributed by atoms with E-state index in [-0.39, 0.29) is 30.5 Å². The number of carbonyl (C=O) groups is 2. The van der Waals surface area contributed by atoms with Crippen LogP contribution in [0.15, 0.2) is 113 Å². The number of ether oxygens (including phenoxy) is 3. The van der Waals surface area contributed by atoms with Gasteiger partial charge in [-0.2, -0.15) is 5.10 Å². The number of methoxy groups -OCH3 is 3. The molecule has 256 valence electrons. The molecule has 4 aromatic carbocycles. The van der Waals surface area contributed by atoms with Gasteiger partial charge in [-0.05, 0) is 47.0 Å². The Labute approximate surface area is 295 Å². The molecule has 1 aromatic heterocycles. The maximum atomic E-state index is 14.1. The zero-order valence-corrected chi connectivity index (χ0v) is 28.9. The predicted molar refractivity (Wildman–Crippen MR) is 192 cm³/mol. The average molecular weight is 691 g/mol. The van der Waals surface area contributed by atoms with E-state index >= 15 is 0 Å². The summed E-state index contributed by atoms with van der Waals surface area (Å²) in [5.41, 5.74) is 4.41. The quantitative estimate of drug-likeness (QED) is 0.148. The van der Waals surface area contributed by atoms with E-state index in [1.54, 1.807) is 21.3 Å². The van der Waals surface area contributed by atoms with Crippen molar-refractivity contribution in [2.24, 2.45) is 5.10 Å². The third kappa shape index (κ3) is 7.98. The van der Waals surface area contributed by atoms with Crippen molar-refractivity contribution in [3.05, 3.63) is 131 Å². The lowest BCUT2D eigenvalue weighted by Crippen LogP contribution is -2.29. The van der Waals surface area contributed by atoms with E-state index in [4.69, 9.17) is 19.3 Å². The molecule has 0 spiro atoms. The standard InChI is InChI=1S/C38H38N6O5S/c1-47-29-19-17-28(18-20-29)31-22-32(30-15-10-16-33(48-2)37(30)49-3)44(42-31)36(46)25-50-38-41-40-34(43(38)24-27-13-8-5-9-14-27)23-39-35(45)21-26-11-6-4-7-12-26/h4-20,32H,21-25H2,1-3H3,(H,39,45)/t32-/m1/s1. The fourth-order valence-electron chi connectivity index (χ4n) is 5.81. The SMILES string of the molecule is COc1ccc(C2=NN(C(=O)CSc3nnc(CNC(=O)Cc4ccccc4)n3Cc3ccccc3)[C@@H](c3cccc(OC)c3OC)C2)cc1. The summed E-state index contributed by atoms with van der Waals surface area (Å²) >= 11 is 1.28. The number of amides is 2. The second-order valence-electron chi connectivity index (χ2n) is 11.5. The van der Waals surface area contributed by atoms with E-state index in [0.29, 0.717) is 35.4 Å². The van der Waals surface area contributed by atoms with Crippen LogP contribution in [0.3, 0.4) is 0 Å². The number of carbonyl (C=O) groups excluding carboxylic acids is 2. The summed E-state index contributed by atoms with van der Waals surface area (Å²) in [6, 6.07) is 32.3. The largest absolute Gasteiger partial charge is 0.497 e. The summed E-state index contributed by atoms with van der Waals surface area (Å²) in [6.45, 7) is 0.667. The van der Waals surface area contributed by atoms with Crippen molar-refractivity contribution < 1.29 is 23.8 Å². The van der Waals surface area contributed by atoms with Crippen molar-refractivity contribution in [2.75, 3.05) is 27.1 Å². The van der Waals surface area contributed by atoms with Crippen molar-refractivity contribution in [2.45, 2.75) is 37.1 Å². The molecule has 1 N–H and O–H groups in total. The van der Waals surface area contributed by atoms with Crippen molar-refractivity contribution >= 4 is 29.3 Å². The number of aromatic nitrogens is 3. The molecule has 0 fully saturated rings. The first-order valence-corrected chi connectivity index (χ1v) is 17.1. The lowest BCUT2D eigenvalue weighted by molar-refractivity contribution is -0.130. The van der Waals surface area contributed by atoms with Crippen LogP contribution in [0.25, 0.3) is 0 Å². The number of nitrogens with one attached hydrogen (secondary N) is 1. The molecule has 0 saturated heterocycles. The van der Waals surface area contributed by atoms with Crippen molar-refractivity contribution in [3.8, 4) is 17.2 Å². The number of para-hydroxylation sites is 1. The second-order valence-corrected chi connectivity index (χ2v) is 12.5. The zero-order valence-electron chi connectivity index (χ0n) is 28.1. The summed E-state index contributed by atoms with van der Waals surface area (Å²) in [5, 5.41) is 18.8. The van der Waals surface area contributed by atoms with Gasteiger partial charge in [0, 0.05) is 12.0 Å². The highest BCUT2D eigenvalue weighted by Crippen LogP contribution is 2.42. The summed E-state index contributed by atoms with van der Waals surface area (Å²) in [4.78, 5) is 26.8. The monoisotopic (exact) mass is 690 g/mol. The summed E-state index contributed by atoms with van der Waals surface area (Å²) in [5.74, 6) is 2.17. The van der Waals surface area contributed by atoms with Crippen molar-refractivity contribution in [1.82, 2.24) is 25.1 Å². The Morgan fingerprint density at radius 2 is 1.54 bits per heavy atom. The molecule has 0 unspecified atom stereocenters. The van der Waals surface area contributed by atoms with Crippen LogP contribution in [0, 0.1) is 0 Å². The van der Waals surface area contributed by atoms with E-state index < -0.39 is 6.04 Å². The van der Waals surface area contributed by atoms with Crippen LogP contribution in [0.2, 0.25) is 0 Å². The summed E-state index contributed by atoms with van der Waals surface area (Å²) in [6.07, 6.45) is 0.737. The Balaban J connectivity index is 1.24. The molecule has 2 heterocycles. The Morgan fingerprint density at radius 3 is 2.22 bits per heavy atom. The first-order valence-electron chi connectivity index (χ1n) is 16.1. The van der Waals surface area contributed by atoms with Gasteiger partial charge in [0.2, 0.25) is 5.91 Å². The molecule has 1 aliphatic heterocycles. The molecule has 0 bridgehead atoms. The van der Waals surface area contributed by atoms with Crippen LogP contribution in [-0.2, 0) is 29.1 Å². The minimum Gasteiger partial charge on any atom is -0.497 e. The van der Waals surface area contributed by atoms with E-state index in [1.165, 1.54) is 16.8 Å². The normalized spacial score (nSPS) is 13.9. The summed E-state index contributed by atoms with van der Waals surface area (Å²) in [7, 11) is 4.80. The minimum absolute atomic E-state index is 0.0511. The lowest BCUT2D eigenvalue weighted by Gasteiger charge is -2.24. The highest BCUT2D eigenvalue weighted by molar-refractivity contribution is 7.99. The molecule has 11 nitrogen and oxygen atoms in total. The molecule has 1 aliphatic rings. The van der Waals surface area contributed by atoms with E-state index in [9.17, 15) is 9.59 Å². The van der Waals surface area contributed by atoms with Gasteiger partial charge in [0.05, 0.1) is 58.3 Å². The number of thioether (sulfide) groups is 1. The van der Waals surface area contributed by atoms with Gasteiger partial charge in [-0.3, -0.25) is 9.59 Å². The maximum Gasteiger partial charge on any atom is 0.253 e. The van der Waals surface area contributed by atoms with E-state index in [0.717, 1.165) is 33.7 Å². The van der Waals surface area contributed by atoms with Crippen LogP contribution in [0.1, 0.15) is 40.5 Å². The fraction of sp³-hybridized carbons (Fsp3) is 0.237. The van der Waals surface area contributed by atoms with E-state index in [2.05, 4.69) is 15.5 Å². The zero-order chi connectivity index (χ0) is 34.9. The Kier molecular flexibility index (Phi) is 11.1. The average Bonchev–Trinajstić information content (AvgIpc) is 3.78. The second kappa shape index (κ2) is 16.2. The highest BCUT2D eigenvalue weighted by atomic mass is 32.2. The minimum atomic E-state index is -0.428. The number of benzene rings is 4. The molecular weight excluding hydrogens is 653 g/mol. The number of nitrogens with zero attached hydrogens (tertiary/aromatic N) is 5. The van der Waals surface area contributed by atoms with E-state index in [1.807, 2.05) is 108 Å². The van der Waals surface area contributed by atoms with Crippen molar-refractivity contribution in [3.63, 3.8) is 0 Å². The fourth-order valence-corrected chi connectivity index (χ4v) is 6.62. The lowest BCUT2D eigenvalue weighted by atomic mass is 9.97. The number of hydrogen-bond acceptors (Lipinski definition) is 9. The molecule has 2 amide bonds. The molecule has 0 radical (unpaired) electrons. The van der Waals surface area contributed by atoms with Crippen LogP contribution in [0.4, 0.5) is 0 Å². The number of hydrogen-bond donors (Lipinski definition) is 1. The van der Waals surface area contributed by atoms with Gasteiger partial charge in [-0.25, -0.2) is 5.01 Å². The first-order chi connectivity index (χ1) is 24.5. The van der Waals surface area contributed by atoms with Crippen molar-refractivity contribution in [1.29, 1.82) is 0 Å². The Morgan fingerprint density at radius 1 is 0.820 bits per heavy atom. The smallest absolute Gasteiger partial charge is 0.253 e. The molecule has 12 heteroatoms. The molecule has 50 heavy (non-hydrogen) atoms. The maximum absolute atomic E-state index is 14.1. The summed E-state index contributed by atoms with van der Waals surface area (Å²) < 4.78 is 18.6. The molecule has 0 aliphatic carbocycles. The van der Waals surface area contributed by atoms with Gasteiger partial charge in [0.1, 0.15) is 5.75 Å².